The molecule has 4 heterocycles. The molecule has 2 aliphatic rings. The number of rotatable bonds is 4. The molecule has 2 fully saturated rings. The van der Waals surface area contributed by atoms with Crippen LogP contribution in [0.1, 0.15) is 38.1 Å². The first-order valence-corrected chi connectivity index (χ1v) is 12.5. The van der Waals surface area contributed by atoms with E-state index in [9.17, 15) is 9.59 Å². The van der Waals surface area contributed by atoms with Crippen LogP contribution in [0.3, 0.4) is 0 Å². The van der Waals surface area contributed by atoms with Crippen LogP contribution in [0.15, 0.2) is 28.1 Å². The second-order valence-corrected chi connectivity index (χ2v) is 10.5. The number of thiazole rings is 1. The summed E-state index contributed by atoms with van der Waals surface area (Å²) in [5, 5.41) is 2.59. The number of anilines is 1. The normalized spacial score (nSPS) is 20.2. The number of esters is 1. The summed E-state index contributed by atoms with van der Waals surface area (Å²) in [5.74, 6) is -0.422. The number of morpholine rings is 1. The maximum Gasteiger partial charge on any atom is 0.411 e. The van der Waals surface area contributed by atoms with E-state index in [-0.39, 0.29) is 24.8 Å². The number of fused-ring (bicyclic) bond motifs is 3. The van der Waals surface area contributed by atoms with E-state index in [2.05, 4.69) is 4.98 Å². The molecule has 2 saturated heterocycles. The number of carbonyl (C=O) groups excluding carboxylic acids is 2. The van der Waals surface area contributed by atoms with Crippen LogP contribution in [-0.4, -0.2) is 77.5 Å². The Hall–Kier alpha value is -3.18. The van der Waals surface area contributed by atoms with Crippen LogP contribution in [-0.2, 0) is 14.2 Å². The number of aromatic nitrogens is 2. The first-order chi connectivity index (χ1) is 16.7. The highest BCUT2D eigenvalue weighted by molar-refractivity contribution is 7.13. The van der Waals surface area contributed by atoms with Crippen molar-refractivity contribution in [1.82, 2.24) is 14.9 Å². The van der Waals surface area contributed by atoms with E-state index in [0.717, 1.165) is 5.01 Å². The Morgan fingerprint density at radius 1 is 1.20 bits per heavy atom. The molecule has 35 heavy (non-hydrogen) atoms. The monoisotopic (exact) mass is 500 g/mol. The Morgan fingerprint density at radius 2 is 1.94 bits per heavy atom. The number of benzene rings is 1. The zero-order valence-electron chi connectivity index (χ0n) is 20.1. The summed E-state index contributed by atoms with van der Waals surface area (Å²) in [5.41, 5.74) is 1.61. The molecule has 11 heteroatoms. The van der Waals surface area contributed by atoms with Crippen LogP contribution in [0.2, 0.25) is 0 Å². The number of hydrogen-bond acceptors (Lipinski definition) is 10. The second kappa shape index (κ2) is 9.12. The first-order valence-electron chi connectivity index (χ1n) is 11.6. The number of oxazole rings is 1. The Bertz CT molecular complexity index is 1220. The van der Waals surface area contributed by atoms with Crippen LogP contribution in [0.4, 0.5) is 10.8 Å². The molecular formula is C24H28N4O6S. The second-order valence-electron chi connectivity index (χ2n) is 9.56. The zero-order valence-corrected chi connectivity index (χ0v) is 21.0. The number of ether oxygens (including phenoxy) is 3. The lowest BCUT2D eigenvalue weighted by atomic mass is 10.1. The predicted molar refractivity (Wildman–Crippen MR) is 130 cm³/mol. The lowest BCUT2D eigenvalue weighted by molar-refractivity contribution is -0.0670. The van der Waals surface area contributed by atoms with Gasteiger partial charge in [-0.2, -0.15) is 4.98 Å². The third-order valence-electron chi connectivity index (χ3n) is 5.80. The number of piperazine rings is 1. The summed E-state index contributed by atoms with van der Waals surface area (Å²) in [6.45, 7) is 9.40. The van der Waals surface area contributed by atoms with Crippen molar-refractivity contribution in [3.8, 4) is 10.6 Å². The van der Waals surface area contributed by atoms with E-state index < -0.39 is 11.6 Å². The molecule has 1 amide bonds. The van der Waals surface area contributed by atoms with Gasteiger partial charge in [0.25, 0.3) is 6.01 Å². The van der Waals surface area contributed by atoms with Gasteiger partial charge in [0, 0.05) is 24.7 Å². The van der Waals surface area contributed by atoms with E-state index >= 15 is 0 Å². The van der Waals surface area contributed by atoms with E-state index in [1.54, 1.807) is 30.2 Å². The molecule has 5 rings (SSSR count). The molecule has 2 aromatic heterocycles. The predicted octanol–water partition coefficient (Wildman–Crippen LogP) is 3.95. The van der Waals surface area contributed by atoms with Gasteiger partial charge < -0.3 is 23.5 Å². The van der Waals surface area contributed by atoms with Crippen LogP contribution >= 0.6 is 11.3 Å². The van der Waals surface area contributed by atoms with Crippen molar-refractivity contribution in [3.05, 3.63) is 29.3 Å². The molecule has 10 nitrogen and oxygen atoms in total. The van der Waals surface area contributed by atoms with Gasteiger partial charge in [0.15, 0.2) is 5.58 Å². The van der Waals surface area contributed by atoms with Crippen LogP contribution in [0, 0.1) is 0 Å². The SMILES string of the molecule is CCOC(=O)c1cc(-c2nccs2)c2oc(N3CC4COCC(C3)N4C(=O)OC(C)(C)C)nc2c1. The zero-order chi connectivity index (χ0) is 24.7. The van der Waals surface area contributed by atoms with Crippen molar-refractivity contribution in [2.45, 2.75) is 45.4 Å². The molecule has 0 aliphatic carbocycles. The molecule has 2 unspecified atom stereocenters. The Labute approximate surface area is 206 Å². The van der Waals surface area contributed by atoms with E-state index in [1.807, 2.05) is 31.1 Å². The van der Waals surface area contributed by atoms with Crippen molar-refractivity contribution in [3.63, 3.8) is 0 Å². The lowest BCUT2D eigenvalue weighted by Crippen LogP contribution is -2.66. The van der Waals surface area contributed by atoms with Gasteiger partial charge >= 0.3 is 12.1 Å². The van der Waals surface area contributed by atoms with Gasteiger partial charge in [0.05, 0.1) is 43.0 Å². The maximum absolute atomic E-state index is 12.9. The van der Waals surface area contributed by atoms with Gasteiger partial charge in [-0.15, -0.1) is 11.3 Å². The van der Waals surface area contributed by atoms with Crippen molar-refractivity contribution < 1.29 is 28.2 Å². The number of hydrogen-bond donors (Lipinski definition) is 0. The Kier molecular flexibility index (Phi) is 6.14. The van der Waals surface area contributed by atoms with E-state index in [1.165, 1.54) is 11.3 Å². The molecule has 2 aliphatic heterocycles. The third kappa shape index (κ3) is 4.70. The van der Waals surface area contributed by atoms with Crippen molar-refractivity contribution in [1.29, 1.82) is 0 Å². The number of amides is 1. The maximum atomic E-state index is 12.9. The molecule has 0 saturated carbocycles. The molecule has 0 N–H and O–H groups in total. The van der Waals surface area contributed by atoms with Crippen LogP contribution < -0.4 is 4.90 Å². The minimum Gasteiger partial charge on any atom is -0.462 e. The standard InChI is InChI=1S/C24H28N4O6S/c1-5-32-21(29)14-8-17(20-25-6-7-35-20)19-18(9-14)26-22(33-19)27-10-15-12-31-13-16(11-27)28(15)23(30)34-24(2,3)4/h6-9,15-16H,5,10-13H2,1-4H3. The summed E-state index contributed by atoms with van der Waals surface area (Å²) < 4.78 is 22.8. The summed E-state index contributed by atoms with van der Waals surface area (Å²) >= 11 is 1.45. The van der Waals surface area contributed by atoms with Gasteiger partial charge in [0.1, 0.15) is 16.1 Å². The lowest BCUT2D eigenvalue weighted by Gasteiger charge is -2.48. The molecule has 1 aromatic carbocycles. The highest BCUT2D eigenvalue weighted by atomic mass is 32.1. The van der Waals surface area contributed by atoms with Gasteiger partial charge in [-0.25, -0.2) is 14.6 Å². The number of carbonyl (C=O) groups is 2. The Balaban J connectivity index is 1.47. The summed E-state index contributed by atoms with van der Waals surface area (Å²) in [6, 6.07) is 3.46. The first kappa shape index (κ1) is 23.6. The van der Waals surface area contributed by atoms with E-state index in [4.69, 9.17) is 23.6 Å². The van der Waals surface area contributed by atoms with E-state index in [0.29, 0.717) is 54.5 Å². The summed E-state index contributed by atoms with van der Waals surface area (Å²) in [6.07, 6.45) is 1.37. The van der Waals surface area contributed by atoms with Gasteiger partial charge in [-0.1, -0.05) is 0 Å². The average molecular weight is 501 g/mol. The Morgan fingerprint density at radius 3 is 2.57 bits per heavy atom. The molecule has 0 radical (unpaired) electrons. The van der Waals surface area contributed by atoms with Gasteiger partial charge in [-0.3, -0.25) is 4.90 Å². The van der Waals surface area contributed by atoms with Crippen LogP contribution in [0.25, 0.3) is 21.7 Å². The third-order valence-corrected chi connectivity index (χ3v) is 6.60. The van der Waals surface area contributed by atoms with Crippen molar-refractivity contribution >= 4 is 40.5 Å². The minimum absolute atomic E-state index is 0.194. The molecule has 0 spiro atoms. The fourth-order valence-corrected chi connectivity index (χ4v) is 5.09. The van der Waals surface area contributed by atoms with Gasteiger partial charge in [-0.05, 0) is 39.8 Å². The fourth-order valence-electron chi connectivity index (χ4n) is 4.44. The topological polar surface area (TPSA) is 107 Å². The minimum atomic E-state index is -0.577. The molecule has 2 bridgehead atoms. The highest BCUT2D eigenvalue weighted by Gasteiger charge is 2.44. The summed E-state index contributed by atoms with van der Waals surface area (Å²) in [4.78, 5) is 38.3. The molecule has 186 valence electrons. The molecule has 3 aromatic rings. The van der Waals surface area contributed by atoms with Crippen molar-refractivity contribution in [2.24, 2.45) is 0 Å². The van der Waals surface area contributed by atoms with Gasteiger partial charge in [0.2, 0.25) is 0 Å². The quantitative estimate of drug-likeness (QED) is 0.492. The largest absolute Gasteiger partial charge is 0.462 e. The smallest absolute Gasteiger partial charge is 0.411 e. The molecular weight excluding hydrogens is 472 g/mol. The molecule has 2 atom stereocenters. The highest BCUT2D eigenvalue weighted by Crippen LogP contribution is 2.36. The van der Waals surface area contributed by atoms with Crippen LogP contribution in [0.5, 0.6) is 0 Å². The fraction of sp³-hybridized carbons (Fsp3) is 0.500. The van der Waals surface area contributed by atoms with Crippen molar-refractivity contribution in [2.75, 3.05) is 37.8 Å². The number of nitrogens with zero attached hydrogens (tertiary/aromatic N) is 4. The average Bonchev–Trinajstić information content (AvgIpc) is 3.46. The summed E-state index contributed by atoms with van der Waals surface area (Å²) in [7, 11) is 0.